The van der Waals surface area contributed by atoms with E-state index in [2.05, 4.69) is 39.5 Å². The topological polar surface area (TPSA) is 92.4 Å². The van der Waals surface area contributed by atoms with Crippen LogP contribution in [0.5, 0.6) is 5.75 Å². The zero-order valence-corrected chi connectivity index (χ0v) is 16.0. The third-order valence-corrected chi connectivity index (χ3v) is 4.84. The van der Waals surface area contributed by atoms with Crippen LogP contribution in [0.15, 0.2) is 30.3 Å². The molecule has 0 aliphatic carbocycles. The average Bonchev–Trinajstić information content (AvgIpc) is 3.30. The molecule has 0 spiro atoms. The number of nitrogens with one attached hydrogen (secondary N) is 2. The highest BCUT2D eigenvalue weighted by Crippen LogP contribution is 2.35. The number of benzene rings is 1. The van der Waals surface area contributed by atoms with Gasteiger partial charge in [-0.3, -0.25) is 0 Å². The average molecular weight is 383 g/mol. The number of tetrazole rings is 1. The predicted molar refractivity (Wildman–Crippen MR) is 104 cm³/mol. The SMILES string of the molecule is COc1cc2[nH]c(C(C)C)c(Cc3cccc(-c4nnn[nH]4)n3)c2cc1Cl. The van der Waals surface area contributed by atoms with Crippen molar-refractivity contribution in [3.8, 4) is 17.3 Å². The van der Waals surface area contributed by atoms with Crippen LogP contribution < -0.4 is 4.74 Å². The van der Waals surface area contributed by atoms with Crippen molar-refractivity contribution in [1.29, 1.82) is 0 Å². The molecule has 0 aliphatic heterocycles. The van der Waals surface area contributed by atoms with E-state index in [1.165, 1.54) is 11.3 Å². The Labute approximate surface area is 161 Å². The smallest absolute Gasteiger partial charge is 0.198 e. The van der Waals surface area contributed by atoms with Crippen LogP contribution in [-0.2, 0) is 6.42 Å². The number of rotatable bonds is 5. The van der Waals surface area contributed by atoms with Gasteiger partial charge < -0.3 is 9.72 Å². The lowest BCUT2D eigenvalue weighted by Crippen LogP contribution is -1.99. The van der Waals surface area contributed by atoms with Gasteiger partial charge in [0.25, 0.3) is 0 Å². The van der Waals surface area contributed by atoms with Crippen LogP contribution in [0.1, 0.15) is 36.7 Å². The van der Waals surface area contributed by atoms with Crippen LogP contribution in [-0.4, -0.2) is 37.7 Å². The minimum atomic E-state index is 0.332. The summed E-state index contributed by atoms with van der Waals surface area (Å²) in [6.07, 6.45) is 0.672. The fraction of sp³-hybridized carbons (Fsp3) is 0.263. The highest BCUT2D eigenvalue weighted by Gasteiger charge is 2.18. The minimum Gasteiger partial charge on any atom is -0.495 e. The number of hydrogen-bond acceptors (Lipinski definition) is 5. The zero-order chi connectivity index (χ0) is 19.0. The number of pyridine rings is 1. The summed E-state index contributed by atoms with van der Waals surface area (Å²) in [5, 5.41) is 15.6. The molecule has 0 bridgehead atoms. The third-order valence-electron chi connectivity index (χ3n) is 4.54. The maximum atomic E-state index is 6.38. The second-order valence-corrected chi connectivity index (χ2v) is 7.05. The molecule has 4 rings (SSSR count). The minimum absolute atomic E-state index is 0.332. The summed E-state index contributed by atoms with van der Waals surface area (Å²) in [5.41, 5.74) is 5.00. The van der Waals surface area contributed by atoms with Crippen LogP contribution in [0.3, 0.4) is 0 Å². The first-order chi connectivity index (χ1) is 13.1. The molecule has 0 saturated carbocycles. The molecular formula is C19H19ClN6O. The molecule has 7 nitrogen and oxygen atoms in total. The Morgan fingerprint density at radius 1 is 1.22 bits per heavy atom. The van der Waals surface area contributed by atoms with E-state index in [0.29, 0.717) is 34.6 Å². The first-order valence-electron chi connectivity index (χ1n) is 8.64. The van der Waals surface area contributed by atoms with Gasteiger partial charge in [-0.2, -0.15) is 0 Å². The van der Waals surface area contributed by atoms with Crippen molar-refractivity contribution in [3.05, 3.63) is 52.3 Å². The lowest BCUT2D eigenvalue weighted by molar-refractivity contribution is 0.415. The van der Waals surface area contributed by atoms with Crippen LogP contribution in [0, 0.1) is 0 Å². The van der Waals surface area contributed by atoms with Gasteiger partial charge in [0.1, 0.15) is 11.4 Å². The maximum absolute atomic E-state index is 6.38. The van der Waals surface area contributed by atoms with Crippen molar-refractivity contribution in [2.75, 3.05) is 7.11 Å². The summed E-state index contributed by atoms with van der Waals surface area (Å²) in [5.74, 6) is 1.54. The number of nitrogens with zero attached hydrogens (tertiary/aromatic N) is 4. The van der Waals surface area contributed by atoms with Crippen molar-refractivity contribution < 1.29 is 4.74 Å². The molecule has 3 aromatic heterocycles. The van der Waals surface area contributed by atoms with Crippen LogP contribution in [0.2, 0.25) is 5.02 Å². The third kappa shape index (κ3) is 3.26. The van der Waals surface area contributed by atoms with Gasteiger partial charge >= 0.3 is 0 Å². The molecule has 0 radical (unpaired) electrons. The standard InChI is InChI=1S/C19H19ClN6O/c1-10(2)18-13(12-8-14(20)17(27-3)9-16(12)22-18)7-11-5-4-6-15(21-11)19-23-25-26-24-19/h4-6,8-10,22H,7H2,1-3H3,(H,23,24,25,26). The summed E-state index contributed by atoms with van der Waals surface area (Å²) in [7, 11) is 1.62. The number of aromatic amines is 2. The number of fused-ring (bicyclic) bond motifs is 1. The Kier molecular flexibility index (Phi) is 4.53. The van der Waals surface area contributed by atoms with Gasteiger partial charge in [0, 0.05) is 34.8 Å². The van der Waals surface area contributed by atoms with E-state index in [-0.39, 0.29) is 0 Å². The Morgan fingerprint density at radius 2 is 2.07 bits per heavy atom. The number of aromatic nitrogens is 6. The molecular weight excluding hydrogens is 364 g/mol. The van der Waals surface area contributed by atoms with E-state index in [1.54, 1.807) is 7.11 Å². The lowest BCUT2D eigenvalue weighted by atomic mass is 9.99. The molecule has 0 unspecified atom stereocenters. The van der Waals surface area contributed by atoms with E-state index >= 15 is 0 Å². The number of hydrogen-bond donors (Lipinski definition) is 2. The summed E-state index contributed by atoms with van der Waals surface area (Å²) in [6.45, 7) is 4.33. The van der Waals surface area contributed by atoms with Gasteiger partial charge in [-0.1, -0.05) is 31.5 Å². The van der Waals surface area contributed by atoms with E-state index in [4.69, 9.17) is 21.3 Å². The highest BCUT2D eigenvalue weighted by atomic mass is 35.5. The zero-order valence-electron chi connectivity index (χ0n) is 15.2. The van der Waals surface area contributed by atoms with E-state index in [1.807, 2.05) is 30.3 Å². The first-order valence-corrected chi connectivity index (χ1v) is 9.02. The van der Waals surface area contributed by atoms with E-state index < -0.39 is 0 Å². The van der Waals surface area contributed by atoms with Crippen molar-refractivity contribution >= 4 is 22.5 Å². The molecule has 0 atom stereocenters. The van der Waals surface area contributed by atoms with Gasteiger partial charge in [0.15, 0.2) is 5.82 Å². The predicted octanol–water partition coefficient (Wildman–Crippen LogP) is 4.12. The van der Waals surface area contributed by atoms with Gasteiger partial charge in [-0.15, -0.1) is 5.10 Å². The van der Waals surface area contributed by atoms with Crippen LogP contribution in [0.4, 0.5) is 0 Å². The first kappa shape index (κ1) is 17.5. The Morgan fingerprint density at radius 3 is 2.78 bits per heavy atom. The molecule has 0 fully saturated rings. The normalized spacial score (nSPS) is 11.4. The van der Waals surface area contributed by atoms with Crippen molar-refractivity contribution in [2.45, 2.75) is 26.2 Å². The Hall–Kier alpha value is -2.93. The van der Waals surface area contributed by atoms with E-state index in [9.17, 15) is 0 Å². The molecule has 1 aromatic carbocycles. The fourth-order valence-corrected chi connectivity index (χ4v) is 3.51. The molecule has 0 amide bonds. The number of methoxy groups -OCH3 is 1. The molecule has 4 aromatic rings. The van der Waals surface area contributed by atoms with Crippen molar-refractivity contribution in [2.24, 2.45) is 0 Å². The maximum Gasteiger partial charge on any atom is 0.198 e. The summed E-state index contributed by atoms with van der Waals surface area (Å²) < 4.78 is 5.35. The Bertz CT molecular complexity index is 1090. The second kappa shape index (κ2) is 7.00. The molecule has 27 heavy (non-hydrogen) atoms. The highest BCUT2D eigenvalue weighted by molar-refractivity contribution is 6.32. The van der Waals surface area contributed by atoms with Crippen LogP contribution in [0.25, 0.3) is 22.4 Å². The largest absolute Gasteiger partial charge is 0.495 e. The van der Waals surface area contributed by atoms with Gasteiger partial charge in [0.2, 0.25) is 0 Å². The fourth-order valence-electron chi connectivity index (χ4n) is 3.27. The number of halogens is 1. The van der Waals surface area contributed by atoms with Gasteiger partial charge in [-0.25, -0.2) is 10.1 Å². The quantitative estimate of drug-likeness (QED) is 0.541. The van der Waals surface area contributed by atoms with Crippen molar-refractivity contribution in [1.82, 2.24) is 30.6 Å². The number of ether oxygens (including phenoxy) is 1. The van der Waals surface area contributed by atoms with Crippen molar-refractivity contribution in [3.63, 3.8) is 0 Å². The molecule has 3 heterocycles. The van der Waals surface area contributed by atoms with Crippen LogP contribution >= 0.6 is 11.6 Å². The van der Waals surface area contributed by atoms with Gasteiger partial charge in [0.05, 0.1) is 12.1 Å². The summed E-state index contributed by atoms with van der Waals surface area (Å²) in [6, 6.07) is 9.74. The monoisotopic (exact) mass is 382 g/mol. The molecule has 0 aliphatic rings. The Balaban J connectivity index is 1.80. The van der Waals surface area contributed by atoms with E-state index in [0.717, 1.165) is 16.6 Å². The molecule has 8 heteroatoms. The molecule has 138 valence electrons. The summed E-state index contributed by atoms with van der Waals surface area (Å²) in [4.78, 5) is 8.23. The lowest BCUT2D eigenvalue weighted by Gasteiger charge is -2.09. The molecule has 2 N–H and O–H groups in total. The van der Waals surface area contributed by atoms with Gasteiger partial charge in [-0.05, 0) is 40.1 Å². The second-order valence-electron chi connectivity index (χ2n) is 6.65. The summed E-state index contributed by atoms with van der Waals surface area (Å²) >= 11 is 6.38. The number of H-pyrrole nitrogens is 2. The molecule has 0 saturated heterocycles.